The summed E-state index contributed by atoms with van der Waals surface area (Å²) in [7, 11) is -3.16. The normalized spacial score (nSPS) is 21.1. The first kappa shape index (κ1) is 10.3. The first-order chi connectivity index (χ1) is 8.17. The molecule has 5 nitrogen and oxygen atoms in total. The average Bonchev–Trinajstić information content (AvgIpc) is 2.88. The van der Waals surface area contributed by atoms with Crippen LogP contribution in [0.15, 0.2) is 41.6 Å². The van der Waals surface area contributed by atoms with Gasteiger partial charge in [0.1, 0.15) is 0 Å². The van der Waals surface area contributed by atoms with E-state index in [1.54, 1.807) is 24.5 Å². The molecule has 0 bridgehead atoms. The van der Waals surface area contributed by atoms with E-state index in [9.17, 15) is 8.42 Å². The maximum Gasteiger partial charge on any atom is 0.200 e. The van der Waals surface area contributed by atoms with Crippen LogP contribution in [0.2, 0.25) is 0 Å². The number of nitrogens with one attached hydrogen (secondary N) is 2. The molecule has 1 aromatic carbocycles. The zero-order valence-electron chi connectivity index (χ0n) is 8.92. The highest BCUT2D eigenvalue weighted by molar-refractivity contribution is 7.91. The Labute approximate surface area is 98.8 Å². The van der Waals surface area contributed by atoms with Crippen molar-refractivity contribution < 1.29 is 8.42 Å². The van der Waals surface area contributed by atoms with Crippen molar-refractivity contribution in [2.45, 2.75) is 10.9 Å². The Balaban J connectivity index is 2.00. The Morgan fingerprint density at radius 1 is 1.35 bits per heavy atom. The summed E-state index contributed by atoms with van der Waals surface area (Å²) >= 11 is 0. The fraction of sp³-hybridized carbons (Fsp3) is 0.182. The SMILES string of the molecule is O=S1(=O)CC(Nc2ncc[nH]2)c2ccccc21. The van der Waals surface area contributed by atoms with Crippen LogP contribution < -0.4 is 5.32 Å². The molecule has 0 aliphatic carbocycles. The third-order valence-electron chi connectivity index (χ3n) is 2.82. The lowest BCUT2D eigenvalue weighted by molar-refractivity contribution is 0.598. The Bertz CT molecular complexity index is 634. The van der Waals surface area contributed by atoms with E-state index in [0.29, 0.717) is 10.8 Å². The van der Waals surface area contributed by atoms with Crippen LogP contribution in [0.3, 0.4) is 0 Å². The van der Waals surface area contributed by atoms with Gasteiger partial charge in [0.25, 0.3) is 0 Å². The number of aromatic nitrogens is 2. The van der Waals surface area contributed by atoms with Crippen LogP contribution in [0, 0.1) is 0 Å². The van der Waals surface area contributed by atoms with Gasteiger partial charge in [0.05, 0.1) is 16.7 Å². The molecule has 2 N–H and O–H groups in total. The second-order valence-corrected chi connectivity index (χ2v) is 5.96. The minimum Gasteiger partial charge on any atom is -0.348 e. The largest absolute Gasteiger partial charge is 0.348 e. The highest BCUT2D eigenvalue weighted by Gasteiger charge is 2.34. The van der Waals surface area contributed by atoms with Crippen LogP contribution in [0.25, 0.3) is 0 Å². The third-order valence-corrected chi connectivity index (χ3v) is 4.64. The van der Waals surface area contributed by atoms with E-state index in [-0.39, 0.29) is 11.8 Å². The summed E-state index contributed by atoms with van der Waals surface area (Å²) in [6, 6.07) is 6.83. The van der Waals surface area contributed by atoms with Crippen molar-refractivity contribution in [3.05, 3.63) is 42.2 Å². The molecule has 3 rings (SSSR count). The topological polar surface area (TPSA) is 74.8 Å². The molecule has 1 aromatic heterocycles. The Morgan fingerprint density at radius 3 is 2.94 bits per heavy atom. The molecule has 1 aliphatic rings. The van der Waals surface area contributed by atoms with Crippen LogP contribution in [-0.2, 0) is 9.84 Å². The zero-order valence-corrected chi connectivity index (χ0v) is 9.74. The Hall–Kier alpha value is -1.82. The number of rotatable bonds is 2. The minimum atomic E-state index is -3.16. The fourth-order valence-electron chi connectivity index (χ4n) is 2.08. The van der Waals surface area contributed by atoms with E-state index in [2.05, 4.69) is 15.3 Å². The molecule has 0 saturated carbocycles. The fourth-order valence-corrected chi connectivity index (χ4v) is 3.82. The van der Waals surface area contributed by atoms with Gasteiger partial charge >= 0.3 is 0 Å². The van der Waals surface area contributed by atoms with E-state index in [1.165, 1.54) is 0 Å². The van der Waals surface area contributed by atoms with E-state index in [0.717, 1.165) is 5.56 Å². The quantitative estimate of drug-likeness (QED) is 0.842. The van der Waals surface area contributed by atoms with Crippen LogP contribution >= 0.6 is 0 Å². The van der Waals surface area contributed by atoms with Crippen LogP contribution in [0.1, 0.15) is 11.6 Å². The van der Waals surface area contributed by atoms with E-state index in [4.69, 9.17) is 0 Å². The molecule has 0 saturated heterocycles. The van der Waals surface area contributed by atoms with Crippen molar-refractivity contribution >= 4 is 15.8 Å². The van der Waals surface area contributed by atoms with Gasteiger partial charge in [0.2, 0.25) is 5.95 Å². The van der Waals surface area contributed by atoms with Gasteiger partial charge in [-0.1, -0.05) is 18.2 Å². The second-order valence-electron chi connectivity index (χ2n) is 3.95. The van der Waals surface area contributed by atoms with Gasteiger partial charge in [-0.25, -0.2) is 13.4 Å². The van der Waals surface area contributed by atoms with Crippen molar-refractivity contribution in [2.75, 3.05) is 11.1 Å². The van der Waals surface area contributed by atoms with E-state index in [1.807, 2.05) is 12.1 Å². The summed E-state index contributed by atoms with van der Waals surface area (Å²) in [6.45, 7) is 0. The summed E-state index contributed by atoms with van der Waals surface area (Å²) in [4.78, 5) is 7.36. The molecule has 0 fully saturated rings. The molecule has 1 aliphatic heterocycles. The molecule has 2 heterocycles. The molecule has 17 heavy (non-hydrogen) atoms. The summed E-state index contributed by atoms with van der Waals surface area (Å²) in [6.07, 6.45) is 3.31. The van der Waals surface area contributed by atoms with Crippen molar-refractivity contribution in [3.8, 4) is 0 Å². The Kier molecular flexibility index (Phi) is 2.19. The standard InChI is InChI=1S/C11H11N3O2S/c15-17(16)7-9(14-11-12-5-6-13-11)8-3-1-2-4-10(8)17/h1-6,9H,7H2,(H2,12,13,14). The van der Waals surface area contributed by atoms with Crippen molar-refractivity contribution in [1.29, 1.82) is 0 Å². The smallest absolute Gasteiger partial charge is 0.200 e. The monoisotopic (exact) mass is 249 g/mol. The number of H-pyrrole nitrogens is 1. The van der Waals surface area contributed by atoms with Crippen molar-refractivity contribution in [2.24, 2.45) is 0 Å². The summed E-state index contributed by atoms with van der Waals surface area (Å²) in [5.41, 5.74) is 0.809. The third kappa shape index (κ3) is 1.70. The molecule has 1 atom stereocenters. The van der Waals surface area contributed by atoms with Crippen LogP contribution in [0.4, 0.5) is 5.95 Å². The number of nitrogens with zero attached hydrogens (tertiary/aromatic N) is 1. The van der Waals surface area contributed by atoms with E-state index >= 15 is 0 Å². The summed E-state index contributed by atoms with van der Waals surface area (Å²) in [5, 5.41) is 3.09. The zero-order chi connectivity index (χ0) is 11.9. The maximum atomic E-state index is 11.9. The molecule has 1 unspecified atom stereocenters. The molecular weight excluding hydrogens is 238 g/mol. The predicted octanol–water partition coefficient (Wildman–Crippen LogP) is 1.35. The number of aromatic amines is 1. The Morgan fingerprint density at radius 2 is 2.18 bits per heavy atom. The second kappa shape index (κ2) is 3.59. The predicted molar refractivity (Wildman–Crippen MR) is 63.4 cm³/mol. The molecule has 2 aromatic rings. The first-order valence-corrected chi connectivity index (χ1v) is 6.90. The lowest BCUT2D eigenvalue weighted by atomic mass is 10.1. The highest BCUT2D eigenvalue weighted by Crippen LogP contribution is 2.34. The number of hydrogen-bond donors (Lipinski definition) is 2. The number of benzene rings is 1. The average molecular weight is 249 g/mol. The number of hydrogen-bond acceptors (Lipinski definition) is 4. The molecular formula is C11H11N3O2S. The lowest BCUT2D eigenvalue weighted by Gasteiger charge is -2.10. The molecule has 0 amide bonds. The van der Waals surface area contributed by atoms with Crippen molar-refractivity contribution in [3.63, 3.8) is 0 Å². The molecule has 0 spiro atoms. The molecule has 0 radical (unpaired) electrons. The maximum absolute atomic E-state index is 11.9. The molecule has 6 heteroatoms. The van der Waals surface area contributed by atoms with Crippen LogP contribution in [-0.4, -0.2) is 24.1 Å². The van der Waals surface area contributed by atoms with Gasteiger partial charge in [0, 0.05) is 12.4 Å². The van der Waals surface area contributed by atoms with Gasteiger partial charge in [-0.05, 0) is 11.6 Å². The van der Waals surface area contributed by atoms with Gasteiger partial charge in [-0.3, -0.25) is 0 Å². The number of fused-ring (bicyclic) bond motifs is 1. The number of anilines is 1. The number of imidazole rings is 1. The van der Waals surface area contributed by atoms with Gasteiger partial charge in [-0.15, -0.1) is 0 Å². The van der Waals surface area contributed by atoms with Gasteiger partial charge < -0.3 is 10.3 Å². The summed E-state index contributed by atoms with van der Waals surface area (Å²) in [5.74, 6) is 0.662. The van der Waals surface area contributed by atoms with Gasteiger partial charge in [0.15, 0.2) is 9.84 Å². The van der Waals surface area contributed by atoms with E-state index < -0.39 is 9.84 Å². The number of sulfone groups is 1. The summed E-state index contributed by atoms with van der Waals surface area (Å²) < 4.78 is 23.8. The van der Waals surface area contributed by atoms with Crippen molar-refractivity contribution in [1.82, 2.24) is 9.97 Å². The molecule has 88 valence electrons. The first-order valence-electron chi connectivity index (χ1n) is 5.24. The highest BCUT2D eigenvalue weighted by atomic mass is 32.2. The van der Waals surface area contributed by atoms with Crippen LogP contribution in [0.5, 0.6) is 0 Å². The van der Waals surface area contributed by atoms with Gasteiger partial charge in [-0.2, -0.15) is 0 Å². The minimum absolute atomic E-state index is 0.0764. The lowest BCUT2D eigenvalue weighted by Crippen LogP contribution is -2.13.